The highest BCUT2D eigenvalue weighted by Gasteiger charge is 2.22. The first-order chi connectivity index (χ1) is 17.0. The quantitative estimate of drug-likeness (QED) is 0.374. The van der Waals surface area contributed by atoms with E-state index in [1.807, 2.05) is 6.92 Å². The summed E-state index contributed by atoms with van der Waals surface area (Å²) in [6.07, 6.45) is 4.09. The van der Waals surface area contributed by atoms with Crippen LogP contribution in [0.1, 0.15) is 41.4 Å². The van der Waals surface area contributed by atoms with Gasteiger partial charge in [0.15, 0.2) is 0 Å². The van der Waals surface area contributed by atoms with E-state index in [0.29, 0.717) is 46.7 Å². The molecule has 3 heterocycles. The molecule has 4 rings (SSSR count). The third-order valence-corrected chi connectivity index (χ3v) is 7.12. The molecule has 0 bridgehead atoms. The molecule has 1 aromatic carbocycles. The van der Waals surface area contributed by atoms with E-state index in [2.05, 4.69) is 39.5 Å². The first-order valence-electron chi connectivity index (χ1n) is 12.0. The Bertz CT molecular complexity index is 1170. The molecule has 2 N–H and O–H groups in total. The molecule has 1 aliphatic heterocycles. The number of nitrogens with one attached hydrogen (secondary N) is 2. The van der Waals surface area contributed by atoms with Crippen molar-refractivity contribution in [2.45, 2.75) is 39.2 Å². The minimum absolute atomic E-state index is 0.110. The van der Waals surface area contributed by atoms with Gasteiger partial charge in [-0.15, -0.1) is 11.3 Å². The van der Waals surface area contributed by atoms with E-state index in [4.69, 9.17) is 9.47 Å². The van der Waals surface area contributed by atoms with E-state index in [9.17, 15) is 9.18 Å². The van der Waals surface area contributed by atoms with Gasteiger partial charge in [0.05, 0.1) is 29.2 Å². The molecule has 1 fully saturated rings. The number of aromatic nitrogens is 2. The van der Waals surface area contributed by atoms with E-state index < -0.39 is 0 Å². The van der Waals surface area contributed by atoms with Crippen molar-refractivity contribution < 1.29 is 18.7 Å². The zero-order valence-electron chi connectivity index (χ0n) is 20.4. The number of fused-ring (bicyclic) bond motifs is 1. The Kier molecular flexibility index (Phi) is 8.48. The van der Waals surface area contributed by atoms with Crippen molar-refractivity contribution in [3.8, 4) is 5.75 Å². The number of carbonyl (C=O) groups excluding carboxylic acids is 1. The largest absolute Gasteiger partial charge is 0.486 e. The molecule has 8 nitrogen and oxygen atoms in total. The number of aryl methyl sites for hydroxylation is 1. The molecule has 1 aliphatic rings. The van der Waals surface area contributed by atoms with E-state index in [-0.39, 0.29) is 17.8 Å². The van der Waals surface area contributed by atoms with Crippen molar-refractivity contribution in [3.63, 3.8) is 0 Å². The zero-order chi connectivity index (χ0) is 24.8. The monoisotopic (exact) mass is 501 g/mol. The van der Waals surface area contributed by atoms with Crippen LogP contribution in [0.25, 0.3) is 10.2 Å². The van der Waals surface area contributed by atoms with E-state index in [1.54, 1.807) is 6.07 Å². The summed E-state index contributed by atoms with van der Waals surface area (Å²) in [7, 11) is 2.09. The van der Waals surface area contributed by atoms with Gasteiger partial charge in [-0.2, -0.15) is 0 Å². The topological polar surface area (TPSA) is 88.6 Å². The molecule has 1 saturated heterocycles. The Labute approximate surface area is 208 Å². The van der Waals surface area contributed by atoms with Crippen molar-refractivity contribution in [3.05, 3.63) is 40.8 Å². The molecular formula is C25H32FN5O3S. The molecule has 0 radical (unpaired) electrons. The van der Waals surface area contributed by atoms with Crippen LogP contribution in [-0.4, -0.2) is 66.8 Å². The van der Waals surface area contributed by atoms with Gasteiger partial charge in [-0.25, -0.2) is 14.4 Å². The summed E-state index contributed by atoms with van der Waals surface area (Å²) in [6.45, 7) is 7.76. The summed E-state index contributed by atoms with van der Waals surface area (Å²) in [5.74, 6) is 0.444. The van der Waals surface area contributed by atoms with Crippen LogP contribution in [0.2, 0.25) is 0 Å². The van der Waals surface area contributed by atoms with Gasteiger partial charge < -0.3 is 25.0 Å². The van der Waals surface area contributed by atoms with Gasteiger partial charge in [0.25, 0.3) is 5.91 Å². The Morgan fingerprint density at radius 2 is 2.20 bits per heavy atom. The van der Waals surface area contributed by atoms with Crippen molar-refractivity contribution in [1.82, 2.24) is 20.2 Å². The molecular weight excluding hydrogens is 469 g/mol. The molecule has 0 spiro atoms. The van der Waals surface area contributed by atoms with Crippen LogP contribution >= 0.6 is 11.3 Å². The third-order valence-electron chi connectivity index (χ3n) is 5.92. The summed E-state index contributed by atoms with van der Waals surface area (Å²) < 4.78 is 25.3. The maximum absolute atomic E-state index is 14.0. The normalized spacial score (nSPS) is 15.6. The first-order valence-corrected chi connectivity index (χ1v) is 12.8. The number of amides is 1. The summed E-state index contributed by atoms with van der Waals surface area (Å²) in [5.41, 5.74) is 1.40. The smallest absolute Gasteiger partial charge is 0.261 e. The maximum atomic E-state index is 14.0. The van der Waals surface area contributed by atoms with Crippen molar-refractivity contribution in [1.29, 1.82) is 0 Å². The van der Waals surface area contributed by atoms with E-state index in [0.717, 1.165) is 43.3 Å². The predicted molar refractivity (Wildman–Crippen MR) is 136 cm³/mol. The fourth-order valence-electron chi connectivity index (χ4n) is 4.12. The van der Waals surface area contributed by atoms with Gasteiger partial charge >= 0.3 is 0 Å². The number of thiophene rings is 1. The lowest BCUT2D eigenvalue weighted by atomic mass is 10.2. The molecule has 0 unspecified atom stereocenters. The standard InChI is InChI=1S/C25H32FN5O3S/c1-4-10-31(3)11-5-9-27-24(32)22-16(2)21-23(28-15-29-25(21)35-22)30-19-7-6-17(26)13-20(19)34-18-8-12-33-14-18/h6-7,13,15,18H,4-5,8-12,14H2,1-3H3,(H,27,32)(H,28,29,30)/t18-/m1/s1. The second-order valence-electron chi connectivity index (χ2n) is 8.74. The summed E-state index contributed by atoms with van der Waals surface area (Å²) in [6, 6.07) is 4.35. The van der Waals surface area contributed by atoms with Crippen LogP contribution in [-0.2, 0) is 4.74 Å². The van der Waals surface area contributed by atoms with Crippen LogP contribution < -0.4 is 15.4 Å². The molecule has 188 valence electrons. The molecule has 3 aromatic rings. The predicted octanol–water partition coefficient (Wildman–Crippen LogP) is 4.51. The lowest BCUT2D eigenvalue weighted by Crippen LogP contribution is -2.28. The summed E-state index contributed by atoms with van der Waals surface area (Å²) in [4.78, 5) is 25.3. The lowest BCUT2D eigenvalue weighted by Gasteiger charge is -2.17. The van der Waals surface area contributed by atoms with Gasteiger partial charge in [-0.05, 0) is 57.6 Å². The maximum Gasteiger partial charge on any atom is 0.261 e. The number of carbonyl (C=O) groups is 1. The van der Waals surface area contributed by atoms with Crippen LogP contribution in [0.5, 0.6) is 5.75 Å². The average Bonchev–Trinajstić information content (AvgIpc) is 3.47. The second-order valence-corrected chi connectivity index (χ2v) is 9.74. The molecule has 35 heavy (non-hydrogen) atoms. The Morgan fingerprint density at radius 1 is 1.34 bits per heavy atom. The first kappa shape index (κ1) is 25.3. The van der Waals surface area contributed by atoms with Crippen molar-refractivity contribution in [2.24, 2.45) is 0 Å². The Hall–Kier alpha value is -2.82. The van der Waals surface area contributed by atoms with Crippen LogP contribution in [0, 0.1) is 12.7 Å². The van der Waals surface area contributed by atoms with Gasteiger partial charge in [-0.3, -0.25) is 4.79 Å². The molecule has 1 atom stereocenters. The third kappa shape index (κ3) is 6.25. The minimum atomic E-state index is -0.385. The van der Waals surface area contributed by atoms with E-state index in [1.165, 1.54) is 29.8 Å². The number of nitrogens with zero attached hydrogens (tertiary/aromatic N) is 3. The average molecular weight is 502 g/mol. The highest BCUT2D eigenvalue weighted by atomic mass is 32.1. The van der Waals surface area contributed by atoms with Crippen LogP contribution in [0.15, 0.2) is 24.5 Å². The number of benzene rings is 1. The fraction of sp³-hybridized carbons (Fsp3) is 0.480. The summed E-state index contributed by atoms with van der Waals surface area (Å²) >= 11 is 1.34. The number of hydrogen-bond acceptors (Lipinski definition) is 8. The van der Waals surface area contributed by atoms with Crippen LogP contribution in [0.4, 0.5) is 15.9 Å². The summed E-state index contributed by atoms with van der Waals surface area (Å²) in [5, 5.41) is 7.07. The van der Waals surface area contributed by atoms with Gasteiger partial charge in [0.2, 0.25) is 0 Å². The molecule has 0 aliphatic carbocycles. The number of anilines is 2. The minimum Gasteiger partial charge on any atom is -0.486 e. The lowest BCUT2D eigenvalue weighted by molar-refractivity contribution is 0.0955. The van der Waals surface area contributed by atoms with Gasteiger partial charge in [0.1, 0.15) is 34.6 Å². The molecule has 10 heteroatoms. The number of ether oxygens (including phenoxy) is 2. The fourth-order valence-corrected chi connectivity index (χ4v) is 5.18. The van der Waals surface area contributed by atoms with Crippen molar-refractivity contribution >= 4 is 39.0 Å². The van der Waals surface area contributed by atoms with Crippen molar-refractivity contribution in [2.75, 3.05) is 45.2 Å². The Balaban J connectivity index is 1.51. The SMILES string of the molecule is CCCN(C)CCCNC(=O)c1sc2ncnc(Nc3ccc(F)cc3O[C@@H]3CCOC3)c2c1C. The Morgan fingerprint density at radius 3 is 2.97 bits per heavy atom. The van der Waals surface area contributed by atoms with Gasteiger partial charge in [-0.1, -0.05) is 6.92 Å². The zero-order valence-corrected chi connectivity index (χ0v) is 21.2. The van der Waals surface area contributed by atoms with Gasteiger partial charge in [0, 0.05) is 19.0 Å². The molecule has 1 amide bonds. The number of halogens is 1. The number of rotatable bonds is 11. The van der Waals surface area contributed by atoms with E-state index >= 15 is 0 Å². The highest BCUT2D eigenvalue weighted by Crippen LogP contribution is 2.37. The molecule has 0 saturated carbocycles. The highest BCUT2D eigenvalue weighted by molar-refractivity contribution is 7.20. The second kappa shape index (κ2) is 11.7. The van der Waals surface area contributed by atoms with Crippen LogP contribution in [0.3, 0.4) is 0 Å². The number of hydrogen-bond donors (Lipinski definition) is 2. The molecule has 2 aromatic heterocycles.